The molecule has 0 bridgehead atoms. The molecule has 5 aromatic rings. The number of para-hydroxylation sites is 1. The number of phenolic OH excluding ortho intramolecular Hbond substituents is 1. The summed E-state index contributed by atoms with van der Waals surface area (Å²) in [5.41, 5.74) is 3.86. The zero-order valence-electron chi connectivity index (χ0n) is 16.2. The van der Waals surface area contributed by atoms with Gasteiger partial charge in [-0.2, -0.15) is 0 Å². The summed E-state index contributed by atoms with van der Waals surface area (Å²) in [7, 11) is 1.87. The van der Waals surface area contributed by atoms with E-state index in [2.05, 4.69) is 0 Å². The molecule has 0 fully saturated rings. The fraction of sp³-hybridized carbons (Fsp3) is 0.0417. The van der Waals surface area contributed by atoms with E-state index in [0.717, 1.165) is 28.1 Å². The topological polar surface area (TPSA) is 52.1 Å². The fourth-order valence-corrected chi connectivity index (χ4v) is 4.02. The number of phenols is 1. The molecule has 1 N–H and O–H groups in total. The van der Waals surface area contributed by atoms with E-state index in [4.69, 9.17) is 11.6 Å². The molecule has 0 amide bonds. The van der Waals surface area contributed by atoms with Crippen molar-refractivity contribution >= 4 is 22.5 Å². The average Bonchev–Trinajstić information content (AvgIpc) is 3.26. The molecular formula is C24H18ClN3O2. The van der Waals surface area contributed by atoms with E-state index in [1.165, 1.54) is 0 Å². The first-order valence-corrected chi connectivity index (χ1v) is 9.86. The summed E-state index contributed by atoms with van der Waals surface area (Å²) in [6, 6.07) is 23.9. The molecule has 3 aromatic carbocycles. The summed E-state index contributed by atoms with van der Waals surface area (Å²) in [5, 5.41) is 11.2. The highest BCUT2D eigenvalue weighted by atomic mass is 35.5. The van der Waals surface area contributed by atoms with Crippen LogP contribution in [0.1, 0.15) is 0 Å². The number of hydrogen-bond donors (Lipinski definition) is 1. The number of benzene rings is 3. The van der Waals surface area contributed by atoms with Crippen molar-refractivity contribution < 1.29 is 5.11 Å². The molecule has 5 nitrogen and oxygen atoms in total. The van der Waals surface area contributed by atoms with Gasteiger partial charge in [-0.1, -0.05) is 48.0 Å². The van der Waals surface area contributed by atoms with Crippen LogP contribution in [-0.4, -0.2) is 19.0 Å². The molecule has 0 saturated heterocycles. The summed E-state index contributed by atoms with van der Waals surface area (Å²) < 4.78 is 5.45. The Morgan fingerprint density at radius 2 is 1.57 bits per heavy atom. The Morgan fingerprint density at radius 3 is 2.27 bits per heavy atom. The van der Waals surface area contributed by atoms with Crippen LogP contribution >= 0.6 is 11.6 Å². The predicted octanol–water partition coefficient (Wildman–Crippen LogP) is 5.15. The van der Waals surface area contributed by atoms with Crippen molar-refractivity contribution in [3.05, 3.63) is 100 Å². The third-order valence-electron chi connectivity index (χ3n) is 5.27. The van der Waals surface area contributed by atoms with Crippen LogP contribution in [0.15, 0.2) is 89.9 Å². The van der Waals surface area contributed by atoms with Gasteiger partial charge in [-0.05, 0) is 42.0 Å². The van der Waals surface area contributed by atoms with Gasteiger partial charge in [-0.15, -0.1) is 0 Å². The first kappa shape index (κ1) is 18.3. The Labute approximate surface area is 177 Å². The molecule has 0 spiro atoms. The molecule has 6 heteroatoms. The number of halogens is 1. The van der Waals surface area contributed by atoms with Gasteiger partial charge < -0.3 is 9.67 Å². The lowest BCUT2D eigenvalue weighted by Crippen LogP contribution is -2.20. The Morgan fingerprint density at radius 1 is 0.867 bits per heavy atom. The Balaban J connectivity index is 1.88. The van der Waals surface area contributed by atoms with Crippen LogP contribution in [0.3, 0.4) is 0 Å². The van der Waals surface area contributed by atoms with Gasteiger partial charge in [0.15, 0.2) is 0 Å². The predicted molar refractivity (Wildman–Crippen MR) is 120 cm³/mol. The van der Waals surface area contributed by atoms with Crippen LogP contribution < -0.4 is 5.56 Å². The SMILES string of the molecule is Cn1c2cn(-c3cccc(O)c3)c(-c3ccc(Cl)cc3)c2c(=O)n1-c1ccccc1. The van der Waals surface area contributed by atoms with Crippen molar-refractivity contribution in [2.75, 3.05) is 0 Å². The normalized spacial score (nSPS) is 11.3. The van der Waals surface area contributed by atoms with Crippen molar-refractivity contribution in [2.45, 2.75) is 0 Å². The molecule has 30 heavy (non-hydrogen) atoms. The van der Waals surface area contributed by atoms with Crippen LogP contribution in [0.25, 0.3) is 33.5 Å². The van der Waals surface area contributed by atoms with Crippen molar-refractivity contribution in [2.24, 2.45) is 7.05 Å². The molecule has 0 radical (unpaired) electrons. The average molecular weight is 416 g/mol. The van der Waals surface area contributed by atoms with E-state index in [1.807, 2.05) is 71.0 Å². The van der Waals surface area contributed by atoms with Gasteiger partial charge in [0.05, 0.1) is 22.3 Å². The molecular weight excluding hydrogens is 398 g/mol. The van der Waals surface area contributed by atoms with Crippen molar-refractivity contribution in [3.8, 4) is 28.4 Å². The molecule has 148 valence electrons. The van der Waals surface area contributed by atoms with Gasteiger partial charge in [0, 0.05) is 30.0 Å². The molecule has 0 unspecified atom stereocenters. The zero-order chi connectivity index (χ0) is 20.8. The number of fused-ring (bicyclic) bond motifs is 1. The second-order valence-corrected chi connectivity index (χ2v) is 7.55. The third-order valence-corrected chi connectivity index (χ3v) is 5.52. The number of aromatic nitrogens is 3. The van der Waals surface area contributed by atoms with Crippen molar-refractivity contribution in [1.82, 2.24) is 13.9 Å². The maximum atomic E-state index is 13.6. The van der Waals surface area contributed by atoms with Crippen molar-refractivity contribution in [3.63, 3.8) is 0 Å². The smallest absolute Gasteiger partial charge is 0.281 e. The third kappa shape index (κ3) is 2.83. The molecule has 0 saturated carbocycles. The minimum Gasteiger partial charge on any atom is -0.508 e. The number of aryl methyl sites for hydroxylation is 1. The second kappa shape index (κ2) is 6.97. The maximum absolute atomic E-state index is 13.6. The minimum atomic E-state index is -0.109. The van der Waals surface area contributed by atoms with Gasteiger partial charge >= 0.3 is 0 Å². The van der Waals surface area contributed by atoms with E-state index in [0.29, 0.717) is 10.4 Å². The van der Waals surface area contributed by atoms with Gasteiger partial charge in [-0.25, -0.2) is 4.68 Å². The Hall–Kier alpha value is -3.70. The lowest BCUT2D eigenvalue weighted by atomic mass is 10.1. The van der Waals surface area contributed by atoms with Crippen LogP contribution in [0.5, 0.6) is 5.75 Å². The first-order valence-electron chi connectivity index (χ1n) is 9.48. The highest BCUT2D eigenvalue weighted by Gasteiger charge is 2.22. The molecule has 2 aromatic heterocycles. The van der Waals surface area contributed by atoms with E-state index >= 15 is 0 Å². The highest BCUT2D eigenvalue weighted by molar-refractivity contribution is 6.30. The van der Waals surface area contributed by atoms with Crippen LogP contribution in [-0.2, 0) is 7.05 Å². The molecule has 0 aliphatic carbocycles. The molecule has 0 aliphatic heterocycles. The van der Waals surface area contributed by atoms with E-state index in [9.17, 15) is 9.90 Å². The fourth-order valence-electron chi connectivity index (χ4n) is 3.90. The summed E-state index contributed by atoms with van der Waals surface area (Å²) in [6.45, 7) is 0. The van der Waals surface area contributed by atoms with Crippen molar-refractivity contribution in [1.29, 1.82) is 0 Å². The molecule has 0 atom stereocenters. The lowest BCUT2D eigenvalue weighted by Gasteiger charge is -2.11. The first-order chi connectivity index (χ1) is 14.5. The van der Waals surface area contributed by atoms with Crippen LogP contribution in [0.2, 0.25) is 5.02 Å². The minimum absolute atomic E-state index is 0.109. The number of rotatable bonds is 3. The number of hydrogen-bond acceptors (Lipinski definition) is 2. The molecule has 2 heterocycles. The van der Waals surface area contributed by atoms with Crippen LogP contribution in [0, 0.1) is 0 Å². The summed E-state index contributed by atoms with van der Waals surface area (Å²) >= 11 is 6.10. The van der Waals surface area contributed by atoms with Gasteiger partial charge in [0.25, 0.3) is 5.56 Å². The van der Waals surface area contributed by atoms with Gasteiger partial charge in [0.1, 0.15) is 5.75 Å². The van der Waals surface area contributed by atoms with E-state index in [-0.39, 0.29) is 11.3 Å². The highest BCUT2D eigenvalue weighted by Crippen LogP contribution is 2.33. The number of aromatic hydroxyl groups is 1. The maximum Gasteiger partial charge on any atom is 0.281 e. The second-order valence-electron chi connectivity index (χ2n) is 7.11. The summed E-state index contributed by atoms with van der Waals surface area (Å²) in [5.74, 6) is 0.161. The molecule has 5 rings (SSSR count). The standard InChI is InChI=1S/C24H18ClN3O2/c1-26-21-15-27(19-8-5-9-20(29)14-19)23(16-10-12-17(25)13-11-16)22(21)24(30)28(26)18-6-3-2-4-7-18/h2-15,29H,1H3. The molecule has 0 aliphatic rings. The quantitative estimate of drug-likeness (QED) is 0.443. The lowest BCUT2D eigenvalue weighted by molar-refractivity contribution is 0.475. The van der Waals surface area contributed by atoms with Crippen LogP contribution in [0.4, 0.5) is 0 Å². The van der Waals surface area contributed by atoms with E-state index in [1.54, 1.807) is 35.0 Å². The van der Waals surface area contributed by atoms with Gasteiger partial charge in [0.2, 0.25) is 0 Å². The summed E-state index contributed by atoms with van der Waals surface area (Å²) in [4.78, 5) is 13.6. The zero-order valence-corrected chi connectivity index (χ0v) is 16.9. The Kier molecular flexibility index (Phi) is 4.26. The van der Waals surface area contributed by atoms with Gasteiger partial charge in [-0.3, -0.25) is 9.48 Å². The summed E-state index contributed by atoms with van der Waals surface area (Å²) in [6.07, 6.45) is 1.93. The Bertz CT molecular complexity index is 1430. The number of nitrogens with zero attached hydrogens (tertiary/aromatic N) is 3. The largest absolute Gasteiger partial charge is 0.508 e. The van der Waals surface area contributed by atoms with E-state index < -0.39 is 0 Å². The monoisotopic (exact) mass is 415 g/mol.